The highest BCUT2D eigenvalue weighted by atomic mass is 32.2. The van der Waals surface area contributed by atoms with E-state index in [-0.39, 0.29) is 5.84 Å². The van der Waals surface area contributed by atoms with Crippen LogP contribution in [0.1, 0.15) is 37.3 Å². The fraction of sp³-hybridized carbons (Fsp3) is 0.462. The molecule has 94 valence electrons. The summed E-state index contributed by atoms with van der Waals surface area (Å²) in [6, 6.07) is 7.80. The van der Waals surface area contributed by atoms with Gasteiger partial charge in [-0.2, -0.15) is 11.8 Å². The van der Waals surface area contributed by atoms with Crippen molar-refractivity contribution in [1.29, 1.82) is 0 Å². The minimum absolute atomic E-state index is 0.190. The molecule has 0 unspecified atom stereocenters. The number of unbranched alkanes of at least 4 members (excludes halogenated alkanes) is 2. The standard InChI is InChI=1S/C13H20N2OS/c1-2-3-6-9-17-10-11-7-4-5-8-12(11)13(14)15-16/h4-5,7-8,16H,2-3,6,9-10H2,1H3,(H2,14,15). The fourth-order valence-corrected chi connectivity index (χ4v) is 2.61. The lowest BCUT2D eigenvalue weighted by atomic mass is 10.1. The summed E-state index contributed by atoms with van der Waals surface area (Å²) in [6.07, 6.45) is 3.79. The van der Waals surface area contributed by atoms with Gasteiger partial charge >= 0.3 is 0 Å². The Morgan fingerprint density at radius 2 is 2.12 bits per heavy atom. The molecule has 0 saturated heterocycles. The van der Waals surface area contributed by atoms with Crippen molar-refractivity contribution in [2.75, 3.05) is 5.75 Å². The van der Waals surface area contributed by atoms with Crippen molar-refractivity contribution in [3.8, 4) is 0 Å². The van der Waals surface area contributed by atoms with Crippen LogP contribution in [-0.2, 0) is 5.75 Å². The molecule has 0 fully saturated rings. The number of hydrogen-bond donors (Lipinski definition) is 2. The Labute approximate surface area is 107 Å². The van der Waals surface area contributed by atoms with E-state index in [1.165, 1.54) is 25.0 Å². The minimum Gasteiger partial charge on any atom is -0.409 e. The van der Waals surface area contributed by atoms with Crippen molar-refractivity contribution in [2.45, 2.75) is 31.9 Å². The molecule has 17 heavy (non-hydrogen) atoms. The van der Waals surface area contributed by atoms with Crippen LogP contribution in [0, 0.1) is 0 Å². The summed E-state index contributed by atoms with van der Waals surface area (Å²) in [7, 11) is 0. The Morgan fingerprint density at radius 1 is 1.35 bits per heavy atom. The summed E-state index contributed by atoms with van der Waals surface area (Å²) >= 11 is 1.90. The molecule has 0 aliphatic carbocycles. The highest BCUT2D eigenvalue weighted by molar-refractivity contribution is 7.98. The minimum atomic E-state index is 0.190. The highest BCUT2D eigenvalue weighted by Crippen LogP contribution is 2.17. The molecule has 0 radical (unpaired) electrons. The SMILES string of the molecule is CCCCCSCc1ccccc1/C(N)=N/O. The van der Waals surface area contributed by atoms with Gasteiger partial charge in [0, 0.05) is 11.3 Å². The number of amidine groups is 1. The second-order valence-corrected chi connectivity index (χ2v) is 5.01. The molecule has 3 N–H and O–H groups in total. The number of nitrogens with zero attached hydrogens (tertiary/aromatic N) is 1. The third-order valence-electron chi connectivity index (χ3n) is 2.55. The average Bonchev–Trinajstić information content (AvgIpc) is 2.38. The third-order valence-corrected chi connectivity index (χ3v) is 3.64. The van der Waals surface area contributed by atoms with Crippen molar-refractivity contribution < 1.29 is 5.21 Å². The van der Waals surface area contributed by atoms with E-state index in [1.807, 2.05) is 36.0 Å². The smallest absolute Gasteiger partial charge is 0.170 e. The van der Waals surface area contributed by atoms with Crippen LogP contribution < -0.4 is 5.73 Å². The first-order chi connectivity index (χ1) is 8.29. The number of hydrogen-bond acceptors (Lipinski definition) is 3. The van der Waals surface area contributed by atoms with Crippen LogP contribution in [0.4, 0.5) is 0 Å². The molecule has 1 aromatic carbocycles. The third kappa shape index (κ3) is 4.69. The largest absolute Gasteiger partial charge is 0.409 e. The van der Waals surface area contributed by atoms with Gasteiger partial charge in [0.2, 0.25) is 0 Å². The summed E-state index contributed by atoms with van der Waals surface area (Å²) in [5, 5.41) is 11.8. The Morgan fingerprint density at radius 3 is 2.82 bits per heavy atom. The maximum atomic E-state index is 8.71. The second kappa shape index (κ2) is 8.01. The van der Waals surface area contributed by atoms with Gasteiger partial charge in [-0.15, -0.1) is 0 Å². The first kappa shape index (κ1) is 13.9. The fourth-order valence-electron chi connectivity index (χ4n) is 1.59. The van der Waals surface area contributed by atoms with Gasteiger partial charge in [-0.25, -0.2) is 0 Å². The molecule has 0 aromatic heterocycles. The zero-order chi connectivity index (χ0) is 12.5. The summed E-state index contributed by atoms with van der Waals surface area (Å²) in [5.41, 5.74) is 7.60. The van der Waals surface area contributed by atoms with Gasteiger partial charge in [0.15, 0.2) is 5.84 Å². The monoisotopic (exact) mass is 252 g/mol. The Bertz CT molecular complexity index is 366. The predicted octanol–water partition coefficient (Wildman–Crippen LogP) is 3.20. The molecule has 0 amide bonds. The zero-order valence-corrected chi connectivity index (χ0v) is 11.0. The number of thioether (sulfide) groups is 1. The van der Waals surface area contributed by atoms with Crippen LogP contribution in [0.2, 0.25) is 0 Å². The van der Waals surface area contributed by atoms with Gasteiger partial charge in [-0.05, 0) is 17.7 Å². The molecule has 0 aliphatic heterocycles. The molecule has 0 saturated carbocycles. The molecule has 0 atom stereocenters. The van der Waals surface area contributed by atoms with Gasteiger partial charge in [0.25, 0.3) is 0 Å². The quantitative estimate of drug-likeness (QED) is 0.257. The lowest BCUT2D eigenvalue weighted by molar-refractivity contribution is 0.318. The van der Waals surface area contributed by atoms with Gasteiger partial charge in [-0.1, -0.05) is 49.2 Å². The van der Waals surface area contributed by atoms with Gasteiger partial charge in [0.1, 0.15) is 0 Å². The van der Waals surface area contributed by atoms with Crippen molar-refractivity contribution in [3.05, 3.63) is 35.4 Å². The molecule has 0 spiro atoms. The van der Waals surface area contributed by atoms with Crippen LogP contribution >= 0.6 is 11.8 Å². The number of benzene rings is 1. The normalized spacial score (nSPS) is 11.7. The molecular weight excluding hydrogens is 232 g/mol. The molecule has 3 nitrogen and oxygen atoms in total. The zero-order valence-electron chi connectivity index (χ0n) is 10.2. The molecule has 1 aromatic rings. The van der Waals surface area contributed by atoms with E-state index in [0.29, 0.717) is 0 Å². The van der Waals surface area contributed by atoms with E-state index in [0.717, 1.165) is 16.9 Å². The van der Waals surface area contributed by atoms with Crippen LogP contribution in [0.5, 0.6) is 0 Å². The van der Waals surface area contributed by atoms with Crippen LogP contribution in [0.15, 0.2) is 29.4 Å². The van der Waals surface area contributed by atoms with Crippen LogP contribution in [0.25, 0.3) is 0 Å². The second-order valence-electron chi connectivity index (χ2n) is 3.90. The van der Waals surface area contributed by atoms with Crippen molar-refractivity contribution in [3.63, 3.8) is 0 Å². The number of rotatable bonds is 7. The Balaban J connectivity index is 2.53. The van der Waals surface area contributed by atoms with Crippen molar-refractivity contribution >= 4 is 17.6 Å². The van der Waals surface area contributed by atoms with E-state index >= 15 is 0 Å². The van der Waals surface area contributed by atoms with E-state index in [4.69, 9.17) is 10.9 Å². The summed E-state index contributed by atoms with van der Waals surface area (Å²) in [5.74, 6) is 2.27. The topological polar surface area (TPSA) is 58.6 Å². The first-order valence-electron chi connectivity index (χ1n) is 5.93. The van der Waals surface area contributed by atoms with Gasteiger partial charge in [0.05, 0.1) is 0 Å². The number of nitrogens with two attached hydrogens (primary N) is 1. The van der Waals surface area contributed by atoms with Crippen LogP contribution in [-0.4, -0.2) is 16.8 Å². The molecule has 1 rings (SSSR count). The van der Waals surface area contributed by atoms with E-state index in [9.17, 15) is 0 Å². The molecule has 0 aliphatic rings. The lowest BCUT2D eigenvalue weighted by Gasteiger charge is -2.07. The molecule has 0 heterocycles. The summed E-state index contributed by atoms with van der Waals surface area (Å²) in [4.78, 5) is 0. The molecule has 4 heteroatoms. The lowest BCUT2D eigenvalue weighted by Crippen LogP contribution is -2.15. The maximum absolute atomic E-state index is 8.71. The van der Waals surface area contributed by atoms with Gasteiger partial charge < -0.3 is 10.9 Å². The predicted molar refractivity (Wildman–Crippen MR) is 74.6 cm³/mol. The van der Waals surface area contributed by atoms with E-state index in [1.54, 1.807) is 0 Å². The Kier molecular flexibility index (Phi) is 6.55. The summed E-state index contributed by atoms with van der Waals surface area (Å²) in [6.45, 7) is 2.21. The maximum Gasteiger partial charge on any atom is 0.170 e. The average molecular weight is 252 g/mol. The molecule has 0 bridgehead atoms. The first-order valence-corrected chi connectivity index (χ1v) is 7.08. The highest BCUT2D eigenvalue weighted by Gasteiger charge is 2.05. The summed E-state index contributed by atoms with van der Waals surface area (Å²) < 4.78 is 0. The van der Waals surface area contributed by atoms with Gasteiger partial charge in [-0.3, -0.25) is 0 Å². The van der Waals surface area contributed by atoms with E-state index in [2.05, 4.69) is 12.1 Å². The van der Waals surface area contributed by atoms with E-state index < -0.39 is 0 Å². The number of oxime groups is 1. The van der Waals surface area contributed by atoms with Crippen LogP contribution in [0.3, 0.4) is 0 Å². The van der Waals surface area contributed by atoms with Crippen molar-refractivity contribution in [1.82, 2.24) is 0 Å². The van der Waals surface area contributed by atoms with Crippen molar-refractivity contribution in [2.24, 2.45) is 10.9 Å². The Hall–Kier alpha value is -1.16. The molecular formula is C13H20N2OS.